The molecule has 1 unspecified atom stereocenters. The van der Waals surface area contributed by atoms with Crippen LogP contribution in [0.3, 0.4) is 0 Å². The van der Waals surface area contributed by atoms with Crippen molar-refractivity contribution >= 4 is 5.91 Å². The fourth-order valence-corrected chi connectivity index (χ4v) is 6.37. The van der Waals surface area contributed by atoms with Crippen molar-refractivity contribution in [3.8, 4) is 0 Å². The Morgan fingerprint density at radius 3 is 2.20 bits per heavy atom. The minimum absolute atomic E-state index is 0.0828. The van der Waals surface area contributed by atoms with Crippen molar-refractivity contribution in [3.05, 3.63) is 0 Å². The molecule has 4 bridgehead atoms. The Kier molecular flexibility index (Phi) is 3.12. The largest absolute Gasteiger partial charge is 0.339 e. The molecule has 0 N–H and O–H groups in total. The molecule has 0 radical (unpaired) electrons. The quantitative estimate of drug-likeness (QED) is 0.746. The summed E-state index contributed by atoms with van der Waals surface area (Å²) < 4.78 is 0. The molecule has 1 heterocycles. The first kappa shape index (κ1) is 13.2. The van der Waals surface area contributed by atoms with Crippen LogP contribution in [0.2, 0.25) is 0 Å². The normalized spacial score (nSPS) is 46.8. The van der Waals surface area contributed by atoms with E-state index in [4.69, 9.17) is 0 Å². The molecule has 0 aromatic heterocycles. The highest BCUT2D eigenvalue weighted by Gasteiger charge is 2.56. The lowest BCUT2D eigenvalue weighted by Crippen LogP contribution is -2.57. The van der Waals surface area contributed by atoms with Crippen molar-refractivity contribution in [2.45, 2.75) is 77.2 Å². The standard InChI is InChI=1S/C18H29NO/c1-2-16-5-3-4-6-19(16)17(20)18-10-13-7-14(11-18)9-15(8-13)12-18/h13-16H,2-12H2,1H3. The van der Waals surface area contributed by atoms with E-state index in [1.54, 1.807) is 0 Å². The number of likely N-dealkylation sites (tertiary alicyclic amines) is 1. The average molecular weight is 275 g/mol. The molecule has 5 fully saturated rings. The van der Waals surface area contributed by atoms with E-state index in [9.17, 15) is 4.79 Å². The van der Waals surface area contributed by atoms with Crippen molar-refractivity contribution in [2.24, 2.45) is 23.2 Å². The summed E-state index contributed by atoms with van der Waals surface area (Å²) in [5, 5.41) is 0. The topological polar surface area (TPSA) is 20.3 Å². The minimum atomic E-state index is 0.0828. The van der Waals surface area contributed by atoms with Crippen LogP contribution in [0.25, 0.3) is 0 Å². The Morgan fingerprint density at radius 1 is 1.05 bits per heavy atom. The molecule has 2 nitrogen and oxygen atoms in total. The monoisotopic (exact) mass is 275 g/mol. The van der Waals surface area contributed by atoms with Gasteiger partial charge in [0.05, 0.1) is 5.41 Å². The van der Waals surface area contributed by atoms with E-state index in [1.165, 1.54) is 57.8 Å². The maximum atomic E-state index is 13.3. The second-order valence-electron chi connectivity index (χ2n) is 8.25. The Labute approximate surface area is 123 Å². The summed E-state index contributed by atoms with van der Waals surface area (Å²) in [7, 11) is 0. The lowest BCUT2D eigenvalue weighted by atomic mass is 9.49. The van der Waals surface area contributed by atoms with Crippen molar-refractivity contribution < 1.29 is 4.79 Å². The summed E-state index contributed by atoms with van der Waals surface area (Å²) in [5.74, 6) is 3.23. The molecule has 5 rings (SSSR count). The second-order valence-corrected chi connectivity index (χ2v) is 8.25. The summed E-state index contributed by atoms with van der Waals surface area (Å²) in [6, 6.07) is 0.546. The van der Waals surface area contributed by atoms with Gasteiger partial charge < -0.3 is 4.90 Å². The van der Waals surface area contributed by atoms with Crippen molar-refractivity contribution in [3.63, 3.8) is 0 Å². The van der Waals surface area contributed by atoms with Gasteiger partial charge in [-0.3, -0.25) is 4.79 Å². The van der Waals surface area contributed by atoms with E-state index < -0.39 is 0 Å². The SMILES string of the molecule is CCC1CCCCN1C(=O)C12CC3CC(CC(C3)C1)C2. The molecule has 0 aromatic carbocycles. The fourth-order valence-electron chi connectivity index (χ4n) is 6.37. The van der Waals surface area contributed by atoms with Gasteiger partial charge in [0.2, 0.25) is 5.91 Å². The first-order valence-corrected chi connectivity index (χ1v) is 9.01. The van der Waals surface area contributed by atoms with E-state index in [-0.39, 0.29) is 5.41 Å². The third-order valence-electron chi connectivity index (χ3n) is 6.85. The highest BCUT2D eigenvalue weighted by molar-refractivity contribution is 5.83. The van der Waals surface area contributed by atoms with Crippen molar-refractivity contribution in [2.75, 3.05) is 6.54 Å². The number of carbonyl (C=O) groups excluding carboxylic acids is 1. The first-order chi connectivity index (χ1) is 9.70. The van der Waals surface area contributed by atoms with E-state index in [0.717, 1.165) is 30.7 Å². The number of hydrogen-bond donors (Lipinski definition) is 0. The van der Waals surface area contributed by atoms with Gasteiger partial charge in [-0.15, -0.1) is 0 Å². The van der Waals surface area contributed by atoms with Gasteiger partial charge >= 0.3 is 0 Å². The molecular weight excluding hydrogens is 246 g/mol. The smallest absolute Gasteiger partial charge is 0.229 e. The van der Waals surface area contributed by atoms with Crippen molar-refractivity contribution in [1.82, 2.24) is 4.90 Å². The molecule has 112 valence electrons. The maximum absolute atomic E-state index is 13.3. The number of carbonyl (C=O) groups is 1. The summed E-state index contributed by atoms with van der Waals surface area (Å²) in [6.07, 6.45) is 12.9. The molecule has 2 heteroatoms. The van der Waals surface area contributed by atoms with E-state index in [2.05, 4.69) is 11.8 Å². The zero-order chi connectivity index (χ0) is 13.7. The van der Waals surface area contributed by atoms with Crippen LogP contribution in [0.1, 0.15) is 71.1 Å². The van der Waals surface area contributed by atoms with Crippen LogP contribution in [0.5, 0.6) is 0 Å². The van der Waals surface area contributed by atoms with Gasteiger partial charge in [-0.2, -0.15) is 0 Å². The zero-order valence-electron chi connectivity index (χ0n) is 12.9. The zero-order valence-corrected chi connectivity index (χ0v) is 12.9. The molecule has 0 spiro atoms. The molecular formula is C18H29NO. The Morgan fingerprint density at radius 2 is 1.65 bits per heavy atom. The predicted octanol–water partition coefficient (Wildman–Crippen LogP) is 3.99. The lowest BCUT2D eigenvalue weighted by Gasteiger charge is -2.57. The van der Waals surface area contributed by atoms with Crippen molar-refractivity contribution in [1.29, 1.82) is 0 Å². The number of hydrogen-bond acceptors (Lipinski definition) is 1. The number of amides is 1. The Balaban J connectivity index is 1.58. The molecule has 0 aromatic rings. The molecule has 4 saturated carbocycles. The van der Waals surface area contributed by atoms with Crippen LogP contribution in [0, 0.1) is 23.2 Å². The van der Waals surface area contributed by atoms with Crippen LogP contribution in [-0.2, 0) is 4.79 Å². The molecule has 20 heavy (non-hydrogen) atoms. The summed E-state index contributed by atoms with van der Waals surface area (Å²) in [6.45, 7) is 3.30. The molecule has 5 aliphatic rings. The lowest BCUT2D eigenvalue weighted by molar-refractivity contribution is -0.161. The highest BCUT2D eigenvalue weighted by Crippen LogP contribution is 2.60. The summed E-state index contributed by atoms with van der Waals surface area (Å²) in [4.78, 5) is 15.7. The Hall–Kier alpha value is -0.530. The molecule has 1 amide bonds. The van der Waals surface area contributed by atoms with Gasteiger partial charge in [0.25, 0.3) is 0 Å². The van der Waals surface area contributed by atoms with Gasteiger partial charge in [0, 0.05) is 12.6 Å². The average Bonchev–Trinajstić information content (AvgIpc) is 2.45. The maximum Gasteiger partial charge on any atom is 0.229 e. The van der Waals surface area contributed by atoms with E-state index in [1.807, 2.05) is 0 Å². The Bertz CT molecular complexity index is 367. The van der Waals surface area contributed by atoms with Crippen LogP contribution < -0.4 is 0 Å². The van der Waals surface area contributed by atoms with Crippen LogP contribution in [0.4, 0.5) is 0 Å². The minimum Gasteiger partial charge on any atom is -0.339 e. The first-order valence-electron chi connectivity index (χ1n) is 9.01. The van der Waals surface area contributed by atoms with E-state index in [0.29, 0.717) is 11.9 Å². The summed E-state index contributed by atoms with van der Waals surface area (Å²) in [5.41, 5.74) is 0.0828. The van der Waals surface area contributed by atoms with Gasteiger partial charge in [0.1, 0.15) is 0 Å². The number of piperidine rings is 1. The van der Waals surface area contributed by atoms with Gasteiger partial charge in [-0.1, -0.05) is 6.92 Å². The van der Waals surface area contributed by atoms with Gasteiger partial charge in [-0.05, 0) is 82.0 Å². The van der Waals surface area contributed by atoms with Gasteiger partial charge in [-0.25, -0.2) is 0 Å². The summed E-state index contributed by atoms with van der Waals surface area (Å²) >= 11 is 0. The fraction of sp³-hybridized carbons (Fsp3) is 0.944. The predicted molar refractivity (Wildman–Crippen MR) is 80.2 cm³/mol. The van der Waals surface area contributed by atoms with Crippen LogP contribution >= 0.6 is 0 Å². The second kappa shape index (κ2) is 4.74. The molecule has 1 aliphatic heterocycles. The number of nitrogens with zero attached hydrogens (tertiary/aromatic N) is 1. The van der Waals surface area contributed by atoms with Crippen LogP contribution in [0.15, 0.2) is 0 Å². The molecule has 4 aliphatic carbocycles. The highest BCUT2D eigenvalue weighted by atomic mass is 16.2. The van der Waals surface area contributed by atoms with Gasteiger partial charge in [0.15, 0.2) is 0 Å². The number of rotatable bonds is 2. The third kappa shape index (κ3) is 1.94. The molecule has 1 atom stereocenters. The molecule has 1 saturated heterocycles. The van der Waals surface area contributed by atoms with E-state index >= 15 is 0 Å². The third-order valence-corrected chi connectivity index (χ3v) is 6.85. The van der Waals surface area contributed by atoms with Crippen LogP contribution in [-0.4, -0.2) is 23.4 Å².